The monoisotopic (exact) mass is 332 g/mol. The molecule has 0 aliphatic carbocycles. The average molecular weight is 332 g/mol. The van der Waals surface area contributed by atoms with Crippen LogP contribution in [0.25, 0.3) is 0 Å². The van der Waals surface area contributed by atoms with E-state index >= 15 is 0 Å². The number of hydrogen-bond acceptors (Lipinski definition) is 5. The van der Waals surface area contributed by atoms with Gasteiger partial charge in [0.2, 0.25) is 0 Å². The van der Waals surface area contributed by atoms with Crippen molar-refractivity contribution < 1.29 is 23.8 Å². The molecule has 0 radical (unpaired) electrons. The Balaban J connectivity index is 1.98. The van der Waals surface area contributed by atoms with Gasteiger partial charge in [-0.25, -0.2) is 9.59 Å². The Bertz CT molecular complexity index is 685. The number of cyclic esters (lactones) is 1. The zero-order valence-electron chi connectivity index (χ0n) is 13.7. The zero-order valence-corrected chi connectivity index (χ0v) is 13.7. The third-order valence-corrected chi connectivity index (χ3v) is 4.11. The van der Waals surface area contributed by atoms with Crippen molar-refractivity contribution >= 4 is 12.0 Å². The molecule has 2 heterocycles. The summed E-state index contributed by atoms with van der Waals surface area (Å²) in [4.78, 5) is 26.3. The summed E-state index contributed by atoms with van der Waals surface area (Å²) in [6.45, 7) is 3.32. The Morgan fingerprint density at radius 1 is 1.33 bits per heavy atom. The number of amides is 2. The van der Waals surface area contributed by atoms with Gasteiger partial charge in [0.25, 0.3) is 0 Å². The molecule has 24 heavy (non-hydrogen) atoms. The number of benzene rings is 1. The van der Waals surface area contributed by atoms with Gasteiger partial charge < -0.3 is 19.5 Å². The molecule has 3 rings (SSSR count). The highest BCUT2D eigenvalue weighted by atomic mass is 16.5. The maximum absolute atomic E-state index is 12.5. The normalized spacial score (nSPS) is 19.9. The minimum absolute atomic E-state index is 0.0966. The van der Waals surface area contributed by atoms with E-state index in [1.807, 2.05) is 25.1 Å². The maximum atomic E-state index is 12.5. The molecule has 0 spiro atoms. The Morgan fingerprint density at radius 3 is 2.88 bits per heavy atom. The number of methoxy groups -OCH3 is 1. The Hall–Kier alpha value is -2.54. The molecule has 2 aliphatic heterocycles. The van der Waals surface area contributed by atoms with Crippen LogP contribution in [0.15, 0.2) is 35.5 Å². The van der Waals surface area contributed by atoms with Crippen LogP contribution in [0.2, 0.25) is 0 Å². The lowest BCUT2D eigenvalue weighted by molar-refractivity contribution is -0.136. The molecule has 1 atom stereocenters. The molecule has 0 bridgehead atoms. The van der Waals surface area contributed by atoms with Crippen molar-refractivity contribution in [2.24, 2.45) is 0 Å². The van der Waals surface area contributed by atoms with Gasteiger partial charge in [-0.2, -0.15) is 0 Å². The van der Waals surface area contributed by atoms with Crippen LogP contribution < -0.4 is 10.1 Å². The average Bonchev–Trinajstić information content (AvgIpc) is 2.98. The molecule has 1 aromatic rings. The van der Waals surface area contributed by atoms with Crippen molar-refractivity contribution in [3.8, 4) is 5.75 Å². The van der Waals surface area contributed by atoms with Crippen LogP contribution in [0.3, 0.4) is 0 Å². The first-order valence-corrected chi connectivity index (χ1v) is 7.86. The molecule has 2 aliphatic rings. The van der Waals surface area contributed by atoms with Crippen LogP contribution in [0.1, 0.15) is 18.5 Å². The van der Waals surface area contributed by atoms with E-state index in [1.165, 1.54) is 4.90 Å². The standard InChI is InChI=1S/C17H20N2O5/c1-3-23-9-8-19-12-10-24-16(20)14(12)15(18-17(19)21)11-6-4-5-7-13(11)22-2/h4-7,15H,3,8-10H2,1-2H3,(H,18,21). The van der Waals surface area contributed by atoms with Crippen LogP contribution in [-0.2, 0) is 14.3 Å². The van der Waals surface area contributed by atoms with Crippen LogP contribution in [0.4, 0.5) is 4.79 Å². The van der Waals surface area contributed by atoms with Gasteiger partial charge in [-0.1, -0.05) is 18.2 Å². The summed E-state index contributed by atoms with van der Waals surface area (Å²) < 4.78 is 15.9. The minimum atomic E-state index is -0.581. The molecule has 1 N–H and O–H groups in total. The quantitative estimate of drug-likeness (QED) is 0.632. The predicted octanol–water partition coefficient (Wildman–Crippen LogP) is 1.61. The van der Waals surface area contributed by atoms with Crippen LogP contribution in [0, 0.1) is 0 Å². The van der Waals surface area contributed by atoms with Gasteiger partial charge in [0, 0.05) is 12.2 Å². The molecule has 0 fully saturated rings. The Morgan fingerprint density at radius 2 is 2.12 bits per heavy atom. The largest absolute Gasteiger partial charge is 0.496 e. The van der Waals surface area contributed by atoms with Crippen LogP contribution in [-0.4, -0.2) is 50.4 Å². The van der Waals surface area contributed by atoms with Crippen LogP contribution >= 0.6 is 0 Å². The lowest BCUT2D eigenvalue weighted by Crippen LogP contribution is -2.48. The molecule has 7 heteroatoms. The summed E-state index contributed by atoms with van der Waals surface area (Å²) >= 11 is 0. The SMILES string of the molecule is CCOCCN1C(=O)NC(c2ccccc2OC)C2=C1COC2=O. The molecule has 1 aromatic carbocycles. The number of urea groups is 1. The maximum Gasteiger partial charge on any atom is 0.338 e. The second-order valence-electron chi connectivity index (χ2n) is 5.41. The highest BCUT2D eigenvalue weighted by molar-refractivity contribution is 5.97. The summed E-state index contributed by atoms with van der Waals surface area (Å²) in [5, 5.41) is 2.88. The molecule has 1 unspecified atom stereocenters. The molecule has 0 saturated carbocycles. The van der Waals surface area contributed by atoms with Gasteiger partial charge in [0.05, 0.1) is 37.6 Å². The second kappa shape index (κ2) is 6.92. The highest BCUT2D eigenvalue weighted by Gasteiger charge is 2.42. The summed E-state index contributed by atoms with van der Waals surface area (Å²) in [5.74, 6) is 0.194. The fourth-order valence-electron chi connectivity index (χ4n) is 2.99. The van der Waals surface area contributed by atoms with Gasteiger partial charge in [0.15, 0.2) is 0 Å². The van der Waals surface area contributed by atoms with E-state index in [1.54, 1.807) is 13.2 Å². The summed E-state index contributed by atoms with van der Waals surface area (Å²) in [7, 11) is 1.56. The van der Waals surface area contributed by atoms with E-state index < -0.39 is 12.0 Å². The lowest BCUT2D eigenvalue weighted by Gasteiger charge is -2.33. The van der Waals surface area contributed by atoms with Crippen LogP contribution in [0.5, 0.6) is 5.75 Å². The third kappa shape index (κ3) is 2.82. The number of hydrogen-bond donors (Lipinski definition) is 1. The number of nitrogens with one attached hydrogen (secondary N) is 1. The van der Waals surface area contributed by atoms with Gasteiger partial charge in [-0.05, 0) is 13.0 Å². The molecule has 128 valence electrons. The molecule has 0 aromatic heterocycles. The van der Waals surface area contributed by atoms with E-state index in [0.29, 0.717) is 36.8 Å². The van der Waals surface area contributed by atoms with Crippen molar-refractivity contribution in [2.45, 2.75) is 13.0 Å². The van der Waals surface area contributed by atoms with Crippen molar-refractivity contribution in [3.63, 3.8) is 0 Å². The van der Waals surface area contributed by atoms with Crippen molar-refractivity contribution in [1.82, 2.24) is 10.2 Å². The van der Waals surface area contributed by atoms with Gasteiger partial charge in [-0.3, -0.25) is 4.90 Å². The fourth-order valence-corrected chi connectivity index (χ4v) is 2.99. The lowest BCUT2D eigenvalue weighted by atomic mass is 9.95. The topological polar surface area (TPSA) is 77.1 Å². The summed E-state index contributed by atoms with van der Waals surface area (Å²) in [6, 6.07) is 6.44. The number of rotatable bonds is 6. The summed E-state index contributed by atoms with van der Waals surface area (Å²) in [5.41, 5.74) is 1.78. The first-order valence-electron chi connectivity index (χ1n) is 7.86. The smallest absolute Gasteiger partial charge is 0.338 e. The highest BCUT2D eigenvalue weighted by Crippen LogP contribution is 2.38. The Kier molecular flexibility index (Phi) is 4.71. The number of ether oxygens (including phenoxy) is 3. The Labute approximate surface area is 140 Å². The van der Waals surface area contributed by atoms with Crippen molar-refractivity contribution in [2.75, 3.05) is 33.5 Å². The van der Waals surface area contributed by atoms with E-state index in [9.17, 15) is 9.59 Å². The van der Waals surface area contributed by atoms with Crippen molar-refractivity contribution in [3.05, 3.63) is 41.1 Å². The number of carbonyl (C=O) groups excluding carboxylic acids is 2. The van der Waals surface area contributed by atoms with Gasteiger partial charge in [0.1, 0.15) is 12.4 Å². The molecular formula is C17H20N2O5. The third-order valence-electron chi connectivity index (χ3n) is 4.11. The predicted molar refractivity (Wildman–Crippen MR) is 85.5 cm³/mol. The molecular weight excluding hydrogens is 312 g/mol. The van der Waals surface area contributed by atoms with E-state index in [4.69, 9.17) is 14.2 Å². The molecule has 0 saturated heterocycles. The van der Waals surface area contributed by atoms with Gasteiger partial charge >= 0.3 is 12.0 Å². The molecule has 2 amide bonds. The first kappa shape index (κ1) is 16.3. The zero-order chi connectivity index (χ0) is 17.1. The number of esters is 1. The van der Waals surface area contributed by atoms with Crippen molar-refractivity contribution in [1.29, 1.82) is 0 Å². The molecule has 7 nitrogen and oxygen atoms in total. The summed E-state index contributed by atoms with van der Waals surface area (Å²) in [6.07, 6.45) is 0. The van der Waals surface area contributed by atoms with E-state index in [0.717, 1.165) is 5.56 Å². The van der Waals surface area contributed by atoms with E-state index in [2.05, 4.69) is 5.32 Å². The van der Waals surface area contributed by atoms with E-state index in [-0.39, 0.29) is 12.6 Å². The van der Waals surface area contributed by atoms with Gasteiger partial charge in [-0.15, -0.1) is 0 Å². The number of para-hydroxylation sites is 1. The second-order valence-corrected chi connectivity index (χ2v) is 5.41. The number of carbonyl (C=O) groups is 2. The first-order chi connectivity index (χ1) is 11.7. The minimum Gasteiger partial charge on any atom is -0.496 e. The fraction of sp³-hybridized carbons (Fsp3) is 0.412. The number of nitrogens with zero attached hydrogens (tertiary/aromatic N) is 1.